The van der Waals surface area contributed by atoms with Gasteiger partial charge in [0.2, 0.25) is 0 Å². The molecule has 1 aliphatic heterocycles. The van der Waals surface area contributed by atoms with E-state index < -0.39 is 0 Å². The molecule has 6 heteroatoms. The summed E-state index contributed by atoms with van der Waals surface area (Å²) in [6.07, 6.45) is 3.79. The molecule has 0 aromatic heterocycles. The predicted octanol–water partition coefficient (Wildman–Crippen LogP) is 5.97. The van der Waals surface area contributed by atoms with Gasteiger partial charge in [0.05, 0.1) is 19.1 Å². The van der Waals surface area contributed by atoms with Gasteiger partial charge in [-0.25, -0.2) is 0 Å². The van der Waals surface area contributed by atoms with E-state index in [9.17, 15) is 4.79 Å². The summed E-state index contributed by atoms with van der Waals surface area (Å²) in [7, 11) is 3.25. The van der Waals surface area contributed by atoms with Crippen molar-refractivity contribution < 1.29 is 14.3 Å². The van der Waals surface area contributed by atoms with Crippen molar-refractivity contribution in [2.45, 2.75) is 0 Å². The van der Waals surface area contributed by atoms with Gasteiger partial charge in [-0.05, 0) is 48.6 Å². The molecule has 0 bridgehead atoms. The molecule has 0 N–H and O–H groups in total. The molecule has 2 aromatic rings. The van der Waals surface area contributed by atoms with E-state index in [0.717, 1.165) is 37.1 Å². The molecule has 0 radical (unpaired) electrons. The zero-order valence-corrected chi connectivity index (χ0v) is 18.2. The summed E-state index contributed by atoms with van der Waals surface area (Å²) in [5.74, 6) is 2.15. The van der Waals surface area contributed by atoms with Crippen LogP contribution < -0.4 is 9.47 Å². The summed E-state index contributed by atoms with van der Waals surface area (Å²) in [5, 5.41) is 0. The summed E-state index contributed by atoms with van der Waals surface area (Å²) >= 11 is 8.46. The van der Waals surface area contributed by atoms with E-state index in [0.29, 0.717) is 10.7 Å². The van der Waals surface area contributed by atoms with E-state index in [1.165, 1.54) is 11.8 Å². The van der Waals surface area contributed by atoms with Gasteiger partial charge in [-0.15, -0.1) is 11.8 Å². The van der Waals surface area contributed by atoms with E-state index in [4.69, 9.17) is 9.47 Å². The number of Topliss-reactive ketones (excluding diaryl/α,β-unsaturated/α-hetero) is 1. The molecule has 0 atom stereocenters. The Labute approximate surface area is 173 Å². The summed E-state index contributed by atoms with van der Waals surface area (Å²) in [6.45, 7) is 0. The zero-order valence-electron chi connectivity index (χ0n) is 14.2. The fourth-order valence-corrected chi connectivity index (χ4v) is 4.38. The van der Waals surface area contributed by atoms with Crippen molar-refractivity contribution in [1.29, 1.82) is 0 Å². The van der Waals surface area contributed by atoms with E-state index in [2.05, 4.69) is 31.9 Å². The molecular weight excluding hydrogens is 480 g/mol. The molecule has 0 amide bonds. The van der Waals surface area contributed by atoms with Crippen LogP contribution in [0.3, 0.4) is 0 Å². The fraction of sp³-hybridized carbons (Fsp3) is 0.150. The maximum absolute atomic E-state index is 12.8. The number of benzene rings is 2. The number of thioether (sulfide) groups is 1. The first-order valence-electron chi connectivity index (χ1n) is 7.78. The van der Waals surface area contributed by atoms with Gasteiger partial charge in [0.25, 0.3) is 0 Å². The maximum Gasteiger partial charge on any atom is 0.196 e. The highest BCUT2D eigenvalue weighted by Gasteiger charge is 2.24. The molecule has 0 spiro atoms. The van der Waals surface area contributed by atoms with Gasteiger partial charge >= 0.3 is 0 Å². The number of hydrogen-bond donors (Lipinski definition) is 0. The SMILES string of the molecule is COc1ccc(Br)cc1C=C1CSC(=Cc2cc(Br)ccc2OC)C1=O. The molecule has 26 heavy (non-hydrogen) atoms. The number of ether oxygens (including phenoxy) is 2. The summed E-state index contributed by atoms with van der Waals surface area (Å²) < 4.78 is 12.7. The molecule has 0 aliphatic carbocycles. The topological polar surface area (TPSA) is 35.5 Å². The second-order valence-corrected chi connectivity index (χ2v) is 8.42. The van der Waals surface area contributed by atoms with Crippen molar-refractivity contribution in [1.82, 2.24) is 0 Å². The lowest BCUT2D eigenvalue weighted by Crippen LogP contribution is -1.98. The van der Waals surface area contributed by atoms with Crippen molar-refractivity contribution in [3.63, 3.8) is 0 Å². The molecule has 2 aromatic carbocycles. The Morgan fingerprint density at radius 1 is 0.923 bits per heavy atom. The molecule has 1 aliphatic rings. The van der Waals surface area contributed by atoms with Crippen molar-refractivity contribution in [3.05, 3.63) is 66.9 Å². The Hall–Kier alpha value is -1.50. The van der Waals surface area contributed by atoms with Crippen LogP contribution in [0.4, 0.5) is 0 Å². The molecule has 0 unspecified atom stereocenters. The number of hydrogen-bond acceptors (Lipinski definition) is 4. The van der Waals surface area contributed by atoms with Crippen molar-refractivity contribution in [3.8, 4) is 11.5 Å². The number of rotatable bonds is 4. The van der Waals surface area contributed by atoms with Gasteiger partial charge in [-0.3, -0.25) is 4.79 Å². The smallest absolute Gasteiger partial charge is 0.196 e. The van der Waals surface area contributed by atoms with Gasteiger partial charge < -0.3 is 9.47 Å². The molecule has 0 saturated carbocycles. The first-order valence-corrected chi connectivity index (χ1v) is 10.4. The lowest BCUT2D eigenvalue weighted by atomic mass is 10.1. The van der Waals surface area contributed by atoms with E-state index in [1.807, 2.05) is 48.6 Å². The van der Waals surface area contributed by atoms with Gasteiger partial charge in [0, 0.05) is 31.4 Å². The second-order valence-electron chi connectivity index (χ2n) is 5.57. The fourth-order valence-electron chi connectivity index (χ4n) is 2.62. The van der Waals surface area contributed by atoms with Crippen molar-refractivity contribution in [2.24, 2.45) is 0 Å². The second kappa shape index (κ2) is 8.46. The summed E-state index contributed by atoms with van der Waals surface area (Å²) in [5.41, 5.74) is 2.51. The van der Waals surface area contributed by atoms with Crippen molar-refractivity contribution >= 4 is 61.6 Å². The molecular formula is C20H16Br2O3S. The highest BCUT2D eigenvalue weighted by molar-refractivity contribution is 9.10. The molecule has 1 fully saturated rings. The minimum absolute atomic E-state index is 0.0408. The Balaban J connectivity index is 1.94. The predicted molar refractivity (Wildman–Crippen MR) is 115 cm³/mol. The van der Waals surface area contributed by atoms with E-state index >= 15 is 0 Å². The standard InChI is InChI=1S/C20H16Br2O3S/c1-24-17-5-3-15(21)8-12(17)7-14-11-26-19(20(14)23)10-13-9-16(22)4-6-18(13)25-2/h3-10H,11H2,1-2H3. The van der Waals surface area contributed by atoms with E-state index in [-0.39, 0.29) is 5.78 Å². The number of halogens is 2. The Kier molecular flexibility index (Phi) is 6.27. The van der Waals surface area contributed by atoms with Crippen molar-refractivity contribution in [2.75, 3.05) is 20.0 Å². The average Bonchev–Trinajstić information content (AvgIpc) is 2.96. The number of ketones is 1. The van der Waals surface area contributed by atoms with Gasteiger partial charge in [0.1, 0.15) is 11.5 Å². The first kappa shape index (κ1) is 19.3. The van der Waals surface area contributed by atoms with Crippen LogP contribution in [0.1, 0.15) is 11.1 Å². The number of methoxy groups -OCH3 is 2. The van der Waals surface area contributed by atoms with Crippen LogP contribution in [0.15, 0.2) is 55.8 Å². The minimum atomic E-state index is 0.0408. The maximum atomic E-state index is 12.8. The van der Waals surface area contributed by atoms with Gasteiger partial charge in [0.15, 0.2) is 5.78 Å². The van der Waals surface area contributed by atoms with Crippen LogP contribution in [0.25, 0.3) is 12.2 Å². The molecule has 1 saturated heterocycles. The monoisotopic (exact) mass is 494 g/mol. The number of carbonyl (C=O) groups excluding carboxylic acids is 1. The Morgan fingerprint density at radius 2 is 1.46 bits per heavy atom. The average molecular weight is 496 g/mol. The molecule has 3 rings (SSSR count). The molecule has 1 heterocycles. The Bertz CT molecular complexity index is 846. The van der Waals surface area contributed by atoms with Crippen LogP contribution in [-0.2, 0) is 4.79 Å². The van der Waals surface area contributed by atoms with Crippen LogP contribution >= 0.6 is 43.6 Å². The summed E-state index contributed by atoms with van der Waals surface area (Å²) in [4.78, 5) is 13.5. The highest BCUT2D eigenvalue weighted by atomic mass is 79.9. The third-order valence-electron chi connectivity index (χ3n) is 3.90. The Morgan fingerprint density at radius 3 is 2.00 bits per heavy atom. The first-order chi connectivity index (χ1) is 12.5. The van der Waals surface area contributed by atoms with Crippen LogP contribution in [0, 0.1) is 0 Å². The van der Waals surface area contributed by atoms with E-state index in [1.54, 1.807) is 14.2 Å². The van der Waals surface area contributed by atoms with Crippen LogP contribution in [-0.4, -0.2) is 25.8 Å². The zero-order chi connectivity index (χ0) is 18.7. The normalized spacial score (nSPS) is 17.2. The molecule has 134 valence electrons. The third-order valence-corrected chi connectivity index (χ3v) is 5.95. The number of allylic oxidation sites excluding steroid dienone is 1. The van der Waals surface area contributed by atoms with Crippen LogP contribution in [0.5, 0.6) is 11.5 Å². The van der Waals surface area contributed by atoms with Gasteiger partial charge in [-0.2, -0.15) is 0 Å². The third kappa shape index (κ3) is 4.24. The van der Waals surface area contributed by atoms with Crippen LogP contribution in [0.2, 0.25) is 0 Å². The highest BCUT2D eigenvalue weighted by Crippen LogP contribution is 2.37. The minimum Gasteiger partial charge on any atom is -0.496 e. The largest absolute Gasteiger partial charge is 0.496 e. The lowest BCUT2D eigenvalue weighted by Gasteiger charge is -2.06. The summed E-state index contributed by atoms with van der Waals surface area (Å²) in [6, 6.07) is 11.5. The molecule has 3 nitrogen and oxygen atoms in total. The quantitative estimate of drug-likeness (QED) is 0.489. The number of carbonyl (C=O) groups is 1. The van der Waals surface area contributed by atoms with Gasteiger partial charge in [-0.1, -0.05) is 31.9 Å². The lowest BCUT2D eigenvalue weighted by molar-refractivity contribution is -0.111.